The maximum absolute atomic E-state index is 12.4. The molecule has 9 heteroatoms. The number of nitrogens with zero attached hydrogens (tertiary/aromatic N) is 2. The molecule has 0 spiro atoms. The van der Waals surface area contributed by atoms with E-state index in [1.165, 1.54) is 18.6 Å². The predicted molar refractivity (Wildman–Crippen MR) is 65.5 cm³/mol. The molecule has 0 fully saturated rings. The molecule has 0 aromatic carbocycles. The number of alkyl halides is 5. The second kappa shape index (κ2) is 8.49. The molecule has 1 heterocycles. The first-order valence-corrected chi connectivity index (χ1v) is 5.90. The fourth-order valence-electron chi connectivity index (χ4n) is 0.805. The number of hydrogen-bond donors (Lipinski definition) is 1. The summed E-state index contributed by atoms with van der Waals surface area (Å²) >= 11 is 0. The zero-order valence-corrected chi connectivity index (χ0v) is 11.8. The van der Waals surface area contributed by atoms with Crippen molar-refractivity contribution >= 4 is 11.7 Å². The highest BCUT2D eigenvalue weighted by Gasteiger charge is 2.63. The van der Waals surface area contributed by atoms with E-state index in [1.54, 1.807) is 0 Å². The zero-order chi connectivity index (χ0) is 16.6. The molecule has 1 aromatic rings. The van der Waals surface area contributed by atoms with Crippen molar-refractivity contribution in [3.63, 3.8) is 0 Å². The van der Waals surface area contributed by atoms with Gasteiger partial charge in [-0.05, 0) is 0 Å². The normalized spacial score (nSPS) is 10.7. The van der Waals surface area contributed by atoms with E-state index in [0.29, 0.717) is 0 Å². The molecule has 20 heavy (non-hydrogen) atoms. The number of carbonyl (C=O) groups excluding carboxylic acids is 1. The fraction of sp³-hybridized carbons (Fsp3) is 0.636. The van der Waals surface area contributed by atoms with Gasteiger partial charge in [0.15, 0.2) is 5.82 Å². The van der Waals surface area contributed by atoms with Gasteiger partial charge in [-0.15, -0.1) is 0 Å². The molecular weight excluding hydrogens is 285 g/mol. The topological polar surface area (TPSA) is 46.9 Å². The van der Waals surface area contributed by atoms with Gasteiger partial charge in [0, 0.05) is 19.3 Å². The number of halogens is 5. The molecule has 1 N–H and O–H groups in total. The largest absolute Gasteiger partial charge is 0.463 e. The van der Waals surface area contributed by atoms with Gasteiger partial charge in [-0.25, -0.2) is 0 Å². The Morgan fingerprint density at radius 1 is 1.15 bits per heavy atom. The van der Waals surface area contributed by atoms with Gasteiger partial charge in [0.25, 0.3) is 0 Å². The number of nitrogens with one attached hydrogen (secondary N) is 1. The van der Waals surface area contributed by atoms with Crippen LogP contribution in [0, 0.1) is 0 Å². The Morgan fingerprint density at radius 2 is 1.60 bits per heavy atom. The van der Waals surface area contributed by atoms with Crippen molar-refractivity contribution in [1.29, 1.82) is 0 Å². The van der Waals surface area contributed by atoms with E-state index in [2.05, 4.69) is 5.10 Å². The van der Waals surface area contributed by atoms with Crippen LogP contribution in [-0.2, 0) is 11.8 Å². The number of amides is 1. The summed E-state index contributed by atoms with van der Waals surface area (Å²) in [5.74, 6) is -8.28. The molecule has 1 aromatic heterocycles. The summed E-state index contributed by atoms with van der Waals surface area (Å²) in [4.78, 5) is 10.7. The molecule has 0 saturated heterocycles. The van der Waals surface area contributed by atoms with E-state index < -0.39 is 18.0 Å². The first-order valence-electron chi connectivity index (χ1n) is 5.90. The number of aryl methyl sites for hydroxylation is 1. The third-order valence-electron chi connectivity index (χ3n) is 1.60. The van der Waals surface area contributed by atoms with Gasteiger partial charge in [-0.3, -0.25) is 9.48 Å². The minimum Gasteiger partial charge on any atom is -0.304 e. The lowest BCUT2D eigenvalue weighted by atomic mass is 10.3. The molecule has 4 nitrogen and oxygen atoms in total. The molecule has 0 aliphatic rings. The average Bonchev–Trinajstić information content (AvgIpc) is 2.78. The quantitative estimate of drug-likeness (QED) is 0.848. The molecule has 118 valence electrons. The molecular formula is C11H18F5N3O. The van der Waals surface area contributed by atoms with Crippen LogP contribution < -0.4 is 5.32 Å². The van der Waals surface area contributed by atoms with Crippen molar-refractivity contribution in [2.45, 2.75) is 39.8 Å². The summed E-state index contributed by atoms with van der Waals surface area (Å²) in [6.07, 6.45) is -4.65. The van der Waals surface area contributed by atoms with Gasteiger partial charge >= 0.3 is 18.0 Å². The van der Waals surface area contributed by atoms with Crippen molar-refractivity contribution in [2.75, 3.05) is 5.32 Å². The molecule has 0 aliphatic carbocycles. The van der Waals surface area contributed by atoms with Crippen molar-refractivity contribution in [2.24, 2.45) is 7.05 Å². The van der Waals surface area contributed by atoms with Crippen LogP contribution in [-0.4, -0.2) is 27.8 Å². The summed E-state index contributed by atoms with van der Waals surface area (Å²) in [6.45, 7) is 8.00. The van der Waals surface area contributed by atoms with E-state index >= 15 is 0 Å². The third-order valence-corrected chi connectivity index (χ3v) is 1.60. The third kappa shape index (κ3) is 5.54. The lowest BCUT2D eigenvalue weighted by Crippen LogP contribution is -2.47. The molecule has 0 atom stereocenters. The molecule has 0 saturated carbocycles. The van der Waals surface area contributed by atoms with E-state index in [1.807, 2.05) is 27.7 Å². The van der Waals surface area contributed by atoms with E-state index in [4.69, 9.17) is 0 Å². The highest BCUT2D eigenvalue weighted by atomic mass is 19.4. The molecule has 0 bridgehead atoms. The Kier molecular flexibility index (Phi) is 8.76. The van der Waals surface area contributed by atoms with Crippen LogP contribution in [0.5, 0.6) is 0 Å². The van der Waals surface area contributed by atoms with Crippen LogP contribution in [0.2, 0.25) is 0 Å². The van der Waals surface area contributed by atoms with Crippen LogP contribution in [0.25, 0.3) is 0 Å². The maximum atomic E-state index is 12.4. The Balaban J connectivity index is 0. The Hall–Kier alpha value is -1.67. The molecule has 1 rings (SSSR count). The number of anilines is 1. The molecule has 0 aliphatic heterocycles. The van der Waals surface area contributed by atoms with Crippen molar-refractivity contribution in [3.05, 3.63) is 12.3 Å². The standard InChI is InChI=1S/C7H6F5N3O.2C2H6/c1-15-3-2-4(14-15)13-5(16)6(8,9)7(10,11)12;2*1-2/h2-3H,1H3,(H,13,14,16);2*1-2H3. The van der Waals surface area contributed by atoms with Gasteiger partial charge in [0.05, 0.1) is 0 Å². The van der Waals surface area contributed by atoms with Crippen molar-refractivity contribution < 1.29 is 26.7 Å². The summed E-state index contributed by atoms with van der Waals surface area (Å²) in [5.41, 5.74) is 0. The minimum absolute atomic E-state index is 0.378. The minimum atomic E-state index is -5.92. The summed E-state index contributed by atoms with van der Waals surface area (Å²) in [6, 6.07) is 1.09. The van der Waals surface area contributed by atoms with Gasteiger partial charge in [-0.1, -0.05) is 27.7 Å². The predicted octanol–water partition coefficient (Wildman–Crippen LogP) is 3.61. The van der Waals surface area contributed by atoms with Gasteiger partial charge in [-0.2, -0.15) is 27.1 Å². The summed E-state index contributed by atoms with van der Waals surface area (Å²) in [7, 11) is 1.41. The molecule has 0 unspecified atom stereocenters. The summed E-state index contributed by atoms with van der Waals surface area (Å²) < 4.78 is 61.3. The van der Waals surface area contributed by atoms with Crippen molar-refractivity contribution in [1.82, 2.24) is 9.78 Å². The Morgan fingerprint density at radius 3 is 1.90 bits per heavy atom. The summed E-state index contributed by atoms with van der Waals surface area (Å²) in [5, 5.41) is 4.80. The zero-order valence-electron chi connectivity index (χ0n) is 11.8. The first-order chi connectivity index (χ1) is 9.14. The molecule has 0 radical (unpaired) electrons. The Labute approximate surface area is 114 Å². The Bertz CT molecular complexity index is 401. The van der Waals surface area contributed by atoms with E-state index in [9.17, 15) is 26.7 Å². The lowest BCUT2D eigenvalue weighted by Gasteiger charge is -2.17. The smallest absolute Gasteiger partial charge is 0.304 e. The second-order valence-corrected chi connectivity index (χ2v) is 2.90. The fourth-order valence-corrected chi connectivity index (χ4v) is 0.805. The highest BCUT2D eigenvalue weighted by molar-refractivity contribution is 5.95. The monoisotopic (exact) mass is 303 g/mol. The van der Waals surface area contributed by atoms with Crippen LogP contribution in [0.3, 0.4) is 0 Å². The van der Waals surface area contributed by atoms with Crippen LogP contribution in [0.4, 0.5) is 27.8 Å². The van der Waals surface area contributed by atoms with Crippen LogP contribution in [0.15, 0.2) is 12.3 Å². The number of carbonyl (C=O) groups is 1. The van der Waals surface area contributed by atoms with Crippen LogP contribution in [0.1, 0.15) is 27.7 Å². The number of hydrogen-bond acceptors (Lipinski definition) is 2. The number of aromatic nitrogens is 2. The second-order valence-electron chi connectivity index (χ2n) is 2.90. The maximum Gasteiger partial charge on any atom is 0.463 e. The lowest BCUT2D eigenvalue weighted by molar-refractivity contribution is -0.267. The van der Waals surface area contributed by atoms with Crippen molar-refractivity contribution in [3.8, 4) is 0 Å². The first kappa shape index (κ1) is 20.6. The SMILES string of the molecule is CC.CC.Cn1ccc(NC(=O)C(F)(F)C(F)(F)F)n1. The van der Waals surface area contributed by atoms with Gasteiger partial charge < -0.3 is 5.32 Å². The molecule has 1 amide bonds. The highest BCUT2D eigenvalue weighted by Crippen LogP contribution is 2.36. The van der Waals surface area contributed by atoms with E-state index in [-0.39, 0.29) is 5.82 Å². The average molecular weight is 303 g/mol. The van der Waals surface area contributed by atoms with Gasteiger partial charge in [0.2, 0.25) is 0 Å². The number of rotatable bonds is 2. The van der Waals surface area contributed by atoms with Crippen LogP contribution >= 0.6 is 0 Å². The van der Waals surface area contributed by atoms with Gasteiger partial charge in [0.1, 0.15) is 0 Å². The van der Waals surface area contributed by atoms with E-state index in [0.717, 1.165) is 10.7 Å².